The highest BCUT2D eigenvalue weighted by Crippen LogP contribution is 2.30. The monoisotopic (exact) mass is 255 g/mol. The number of hydrogen-bond donors (Lipinski definition) is 0. The van der Waals surface area contributed by atoms with E-state index < -0.39 is 4.92 Å². The molecule has 0 atom stereocenters. The van der Waals surface area contributed by atoms with Crippen LogP contribution < -0.4 is 0 Å². The Kier molecular flexibility index (Phi) is 2.84. The number of rotatable bonds is 2. The first kappa shape index (κ1) is 11.0. The van der Waals surface area contributed by atoms with Gasteiger partial charge < -0.3 is 0 Å². The number of benzene rings is 1. The highest BCUT2D eigenvalue weighted by molar-refractivity contribution is 7.18. The predicted octanol–water partition coefficient (Wildman–Crippen LogP) is 3.08. The fraction of sp³-hybridized carbons (Fsp3) is 0.111. The molecule has 1 aromatic heterocycles. The van der Waals surface area contributed by atoms with E-state index in [1.54, 1.807) is 19.1 Å². The Balaban J connectivity index is 2.51. The van der Waals surface area contributed by atoms with Gasteiger partial charge in [-0.1, -0.05) is 23.5 Å². The van der Waals surface area contributed by atoms with E-state index in [0.717, 1.165) is 0 Å². The SMILES string of the molecule is Cc1ccc(-c2nnc(Cl)s2)cc1[N+](=O)[O-]. The van der Waals surface area contributed by atoms with Gasteiger partial charge in [0.2, 0.25) is 4.47 Å². The summed E-state index contributed by atoms with van der Waals surface area (Å²) < 4.78 is 0.318. The number of halogens is 1. The standard InChI is InChI=1S/C9H6ClN3O2S/c1-5-2-3-6(4-7(5)13(14)15)8-11-12-9(10)16-8/h2-4H,1H3. The zero-order chi connectivity index (χ0) is 11.7. The van der Waals surface area contributed by atoms with Crippen molar-refractivity contribution in [2.45, 2.75) is 6.92 Å². The summed E-state index contributed by atoms with van der Waals surface area (Å²) in [5.41, 5.74) is 1.34. The van der Waals surface area contributed by atoms with Crippen molar-refractivity contribution in [3.05, 3.63) is 38.3 Å². The van der Waals surface area contributed by atoms with Crippen molar-refractivity contribution in [3.63, 3.8) is 0 Å². The molecule has 1 aromatic carbocycles. The van der Waals surface area contributed by atoms with Gasteiger partial charge in [0.1, 0.15) is 5.01 Å². The molecular formula is C9H6ClN3O2S. The lowest BCUT2D eigenvalue weighted by Crippen LogP contribution is -1.91. The molecule has 0 N–H and O–H groups in total. The summed E-state index contributed by atoms with van der Waals surface area (Å²) in [6.07, 6.45) is 0. The number of hydrogen-bond acceptors (Lipinski definition) is 5. The minimum Gasteiger partial charge on any atom is -0.258 e. The molecule has 0 amide bonds. The molecule has 2 aromatic rings. The first-order valence-corrected chi connectivity index (χ1v) is 5.52. The van der Waals surface area contributed by atoms with Crippen LogP contribution >= 0.6 is 22.9 Å². The molecule has 0 aliphatic heterocycles. The van der Waals surface area contributed by atoms with Crippen LogP contribution in [-0.4, -0.2) is 15.1 Å². The molecule has 2 rings (SSSR count). The van der Waals surface area contributed by atoms with E-state index in [0.29, 0.717) is 20.6 Å². The van der Waals surface area contributed by atoms with Gasteiger partial charge in [-0.2, -0.15) is 0 Å². The lowest BCUT2D eigenvalue weighted by molar-refractivity contribution is -0.385. The Morgan fingerprint density at radius 1 is 1.44 bits per heavy atom. The third-order valence-corrected chi connectivity index (χ3v) is 3.12. The second kappa shape index (κ2) is 4.15. The van der Waals surface area contributed by atoms with Crippen molar-refractivity contribution >= 4 is 28.6 Å². The smallest absolute Gasteiger partial charge is 0.258 e. The minimum atomic E-state index is -0.415. The van der Waals surface area contributed by atoms with Gasteiger partial charge in [-0.25, -0.2) is 0 Å². The molecule has 82 valence electrons. The zero-order valence-electron chi connectivity index (χ0n) is 8.18. The average molecular weight is 256 g/mol. The molecule has 5 nitrogen and oxygen atoms in total. The van der Waals surface area contributed by atoms with Gasteiger partial charge in [0.25, 0.3) is 5.69 Å². The lowest BCUT2D eigenvalue weighted by Gasteiger charge is -1.99. The number of nitro groups is 1. The molecule has 0 bridgehead atoms. The quantitative estimate of drug-likeness (QED) is 0.611. The van der Waals surface area contributed by atoms with Gasteiger partial charge in [0, 0.05) is 17.2 Å². The minimum absolute atomic E-state index is 0.0730. The number of nitrogens with zero attached hydrogens (tertiary/aromatic N) is 3. The van der Waals surface area contributed by atoms with Crippen molar-refractivity contribution in [1.82, 2.24) is 10.2 Å². The summed E-state index contributed by atoms with van der Waals surface area (Å²) in [5.74, 6) is 0. The van der Waals surface area contributed by atoms with E-state index >= 15 is 0 Å². The van der Waals surface area contributed by atoms with Crippen LogP contribution in [0.25, 0.3) is 10.6 Å². The fourth-order valence-electron chi connectivity index (χ4n) is 1.26. The van der Waals surface area contributed by atoms with Gasteiger partial charge in [0.05, 0.1) is 4.92 Å². The first-order chi connectivity index (χ1) is 7.58. The van der Waals surface area contributed by atoms with E-state index in [1.165, 1.54) is 17.4 Å². The molecule has 0 radical (unpaired) electrons. The number of aromatic nitrogens is 2. The van der Waals surface area contributed by atoms with Gasteiger partial charge in [-0.05, 0) is 18.5 Å². The molecule has 1 heterocycles. The maximum absolute atomic E-state index is 10.8. The summed E-state index contributed by atoms with van der Waals surface area (Å²) in [5, 5.41) is 18.8. The molecule has 0 saturated heterocycles. The molecule has 0 fully saturated rings. The average Bonchev–Trinajstić information content (AvgIpc) is 2.65. The van der Waals surface area contributed by atoms with Gasteiger partial charge in [-0.15, -0.1) is 10.2 Å². The summed E-state index contributed by atoms with van der Waals surface area (Å²) in [7, 11) is 0. The largest absolute Gasteiger partial charge is 0.273 e. The summed E-state index contributed by atoms with van der Waals surface area (Å²) >= 11 is 6.84. The Bertz CT molecular complexity index is 555. The van der Waals surface area contributed by atoms with Crippen LogP contribution in [-0.2, 0) is 0 Å². The van der Waals surface area contributed by atoms with Crippen LogP contribution in [0, 0.1) is 17.0 Å². The number of nitro benzene ring substituents is 1. The molecule has 0 saturated carbocycles. The maximum atomic E-state index is 10.8. The second-order valence-electron chi connectivity index (χ2n) is 3.12. The van der Waals surface area contributed by atoms with Crippen LogP contribution in [0.2, 0.25) is 4.47 Å². The number of aryl methyl sites for hydroxylation is 1. The molecular weight excluding hydrogens is 250 g/mol. The van der Waals surface area contributed by atoms with E-state index in [4.69, 9.17) is 11.6 Å². The Labute approximate surface area is 99.9 Å². The normalized spacial score (nSPS) is 10.4. The highest BCUT2D eigenvalue weighted by atomic mass is 35.5. The molecule has 0 aliphatic carbocycles. The van der Waals surface area contributed by atoms with E-state index in [9.17, 15) is 10.1 Å². The fourth-order valence-corrected chi connectivity index (χ4v) is 2.09. The van der Waals surface area contributed by atoms with Crippen molar-refractivity contribution in [1.29, 1.82) is 0 Å². The molecule has 0 aliphatic rings. The third-order valence-electron chi connectivity index (χ3n) is 2.05. The van der Waals surface area contributed by atoms with Crippen molar-refractivity contribution in [2.75, 3.05) is 0 Å². The van der Waals surface area contributed by atoms with Crippen LogP contribution in [0.3, 0.4) is 0 Å². The topological polar surface area (TPSA) is 68.9 Å². The van der Waals surface area contributed by atoms with Crippen LogP contribution in [0.5, 0.6) is 0 Å². The summed E-state index contributed by atoms with van der Waals surface area (Å²) in [4.78, 5) is 10.3. The molecule has 16 heavy (non-hydrogen) atoms. The van der Waals surface area contributed by atoms with Crippen LogP contribution in [0.4, 0.5) is 5.69 Å². The van der Waals surface area contributed by atoms with E-state index in [2.05, 4.69) is 10.2 Å². The van der Waals surface area contributed by atoms with Crippen molar-refractivity contribution < 1.29 is 4.92 Å². The van der Waals surface area contributed by atoms with Gasteiger partial charge >= 0.3 is 0 Å². The Morgan fingerprint density at radius 2 is 2.19 bits per heavy atom. The van der Waals surface area contributed by atoms with Crippen LogP contribution in [0.15, 0.2) is 18.2 Å². The third kappa shape index (κ3) is 2.02. The summed E-state index contributed by atoms with van der Waals surface area (Å²) in [6.45, 7) is 1.69. The lowest BCUT2D eigenvalue weighted by atomic mass is 10.1. The van der Waals surface area contributed by atoms with E-state index in [1.807, 2.05) is 0 Å². The van der Waals surface area contributed by atoms with Crippen molar-refractivity contribution in [3.8, 4) is 10.6 Å². The molecule has 0 spiro atoms. The summed E-state index contributed by atoms with van der Waals surface area (Å²) in [6, 6.07) is 4.92. The zero-order valence-corrected chi connectivity index (χ0v) is 9.75. The Hall–Kier alpha value is -1.53. The van der Waals surface area contributed by atoms with E-state index in [-0.39, 0.29) is 5.69 Å². The van der Waals surface area contributed by atoms with Gasteiger partial charge in [-0.3, -0.25) is 10.1 Å². The predicted molar refractivity (Wildman–Crippen MR) is 61.7 cm³/mol. The second-order valence-corrected chi connectivity index (χ2v) is 4.68. The first-order valence-electron chi connectivity index (χ1n) is 4.32. The Morgan fingerprint density at radius 3 is 2.75 bits per heavy atom. The molecule has 7 heteroatoms. The van der Waals surface area contributed by atoms with Gasteiger partial charge in [0.15, 0.2) is 0 Å². The highest BCUT2D eigenvalue weighted by Gasteiger charge is 2.13. The maximum Gasteiger partial charge on any atom is 0.273 e. The van der Waals surface area contributed by atoms with Crippen LogP contribution in [0.1, 0.15) is 5.56 Å². The van der Waals surface area contributed by atoms with Crippen molar-refractivity contribution in [2.24, 2.45) is 0 Å². The molecule has 0 unspecified atom stereocenters.